The predicted octanol–water partition coefficient (Wildman–Crippen LogP) is 3.11. The molecule has 0 amide bonds. The zero-order valence-corrected chi connectivity index (χ0v) is 10.7. The summed E-state index contributed by atoms with van der Waals surface area (Å²) in [5, 5.41) is 5.62. The molecule has 0 bridgehead atoms. The number of pyridine rings is 1. The first-order valence-electron chi connectivity index (χ1n) is 5.51. The van der Waals surface area contributed by atoms with Gasteiger partial charge in [-0.1, -0.05) is 40.2 Å². The number of para-hydroxylation sites is 1. The molecule has 0 saturated carbocycles. The van der Waals surface area contributed by atoms with Gasteiger partial charge >= 0.3 is 0 Å². The number of rotatable bonds is 5. The lowest BCUT2D eigenvalue weighted by Gasteiger charge is -2.04. The van der Waals surface area contributed by atoms with Crippen LogP contribution in [-0.4, -0.2) is 16.9 Å². The lowest BCUT2D eigenvalue weighted by atomic mass is 10.2. The molecular formula is C13H15BrN2. The van der Waals surface area contributed by atoms with Gasteiger partial charge in [0.1, 0.15) is 0 Å². The molecule has 0 radical (unpaired) electrons. The first-order valence-corrected chi connectivity index (χ1v) is 6.63. The number of hydrogen-bond acceptors (Lipinski definition) is 2. The highest BCUT2D eigenvalue weighted by atomic mass is 79.9. The number of fused-ring (bicyclic) bond motifs is 1. The first-order chi connectivity index (χ1) is 7.90. The Kier molecular flexibility index (Phi) is 4.31. The predicted molar refractivity (Wildman–Crippen MR) is 71.9 cm³/mol. The third kappa shape index (κ3) is 3.03. The van der Waals surface area contributed by atoms with Crippen LogP contribution in [0.5, 0.6) is 0 Å². The molecule has 1 N–H and O–H groups in total. The van der Waals surface area contributed by atoms with Gasteiger partial charge in [-0.2, -0.15) is 0 Å². The quantitative estimate of drug-likeness (QED) is 0.672. The molecule has 0 aliphatic heterocycles. The Morgan fingerprint density at radius 3 is 2.88 bits per heavy atom. The van der Waals surface area contributed by atoms with Crippen LogP contribution in [0, 0.1) is 0 Å². The minimum Gasteiger partial charge on any atom is -0.311 e. The van der Waals surface area contributed by atoms with Gasteiger partial charge < -0.3 is 5.32 Å². The maximum atomic E-state index is 4.60. The molecule has 2 nitrogen and oxygen atoms in total. The second kappa shape index (κ2) is 5.97. The van der Waals surface area contributed by atoms with Gasteiger partial charge in [-0.15, -0.1) is 0 Å². The minimum atomic E-state index is 0.845. The maximum absolute atomic E-state index is 4.60. The number of aromatic nitrogens is 1. The molecule has 84 valence electrons. The van der Waals surface area contributed by atoms with E-state index in [-0.39, 0.29) is 0 Å². The fourth-order valence-corrected chi connectivity index (χ4v) is 1.90. The molecule has 1 aromatic heterocycles. The third-order valence-corrected chi connectivity index (χ3v) is 3.01. The Morgan fingerprint density at radius 2 is 2.00 bits per heavy atom. The molecule has 0 aliphatic rings. The van der Waals surface area contributed by atoms with Crippen molar-refractivity contribution < 1.29 is 0 Å². The Labute approximate surface area is 104 Å². The summed E-state index contributed by atoms with van der Waals surface area (Å²) in [7, 11) is 0. The molecule has 0 unspecified atom stereocenters. The van der Waals surface area contributed by atoms with Crippen LogP contribution in [0.15, 0.2) is 36.4 Å². The highest BCUT2D eigenvalue weighted by Gasteiger charge is 1.97. The van der Waals surface area contributed by atoms with Crippen molar-refractivity contribution in [2.45, 2.75) is 13.0 Å². The van der Waals surface area contributed by atoms with Crippen LogP contribution in [-0.2, 0) is 6.54 Å². The zero-order chi connectivity index (χ0) is 11.2. The van der Waals surface area contributed by atoms with E-state index < -0.39 is 0 Å². The second-order valence-electron chi connectivity index (χ2n) is 3.71. The monoisotopic (exact) mass is 278 g/mol. The summed E-state index contributed by atoms with van der Waals surface area (Å²) in [4.78, 5) is 4.60. The molecule has 0 atom stereocenters. The lowest BCUT2D eigenvalue weighted by Crippen LogP contribution is -2.15. The molecule has 1 heterocycles. The molecule has 2 rings (SSSR count). The molecule has 1 aromatic carbocycles. The van der Waals surface area contributed by atoms with Gasteiger partial charge in [0.05, 0.1) is 11.2 Å². The number of nitrogens with one attached hydrogen (secondary N) is 1. The highest BCUT2D eigenvalue weighted by Crippen LogP contribution is 2.11. The fraction of sp³-hybridized carbons (Fsp3) is 0.308. The maximum Gasteiger partial charge on any atom is 0.0705 e. The molecule has 0 spiro atoms. The zero-order valence-electron chi connectivity index (χ0n) is 9.12. The summed E-state index contributed by atoms with van der Waals surface area (Å²) in [5.74, 6) is 0. The summed E-state index contributed by atoms with van der Waals surface area (Å²) >= 11 is 3.41. The molecule has 0 fully saturated rings. The van der Waals surface area contributed by atoms with E-state index in [1.165, 1.54) is 5.39 Å². The summed E-state index contributed by atoms with van der Waals surface area (Å²) in [6.07, 6.45) is 1.15. The topological polar surface area (TPSA) is 24.9 Å². The standard InChI is InChI=1S/C13H15BrN2/c14-8-3-9-15-10-12-7-6-11-4-1-2-5-13(11)16-12/h1-2,4-7,15H,3,8-10H2. The van der Waals surface area contributed by atoms with E-state index in [4.69, 9.17) is 0 Å². The average molecular weight is 279 g/mol. The number of nitrogens with zero attached hydrogens (tertiary/aromatic N) is 1. The van der Waals surface area contributed by atoms with Crippen LogP contribution in [0.1, 0.15) is 12.1 Å². The van der Waals surface area contributed by atoms with Crippen LogP contribution in [0.3, 0.4) is 0 Å². The van der Waals surface area contributed by atoms with Crippen LogP contribution in [0.25, 0.3) is 10.9 Å². The number of hydrogen-bond donors (Lipinski definition) is 1. The van der Waals surface area contributed by atoms with Crippen LogP contribution in [0.4, 0.5) is 0 Å². The number of alkyl halides is 1. The van der Waals surface area contributed by atoms with Crippen molar-refractivity contribution in [2.75, 3.05) is 11.9 Å². The number of halogens is 1. The normalized spacial score (nSPS) is 10.8. The Bertz CT molecular complexity index is 456. The van der Waals surface area contributed by atoms with Crippen molar-refractivity contribution in [3.8, 4) is 0 Å². The van der Waals surface area contributed by atoms with Crippen molar-refractivity contribution >= 4 is 26.8 Å². The van der Waals surface area contributed by atoms with Crippen LogP contribution < -0.4 is 5.32 Å². The van der Waals surface area contributed by atoms with Gasteiger partial charge in [-0.3, -0.25) is 4.98 Å². The van der Waals surface area contributed by atoms with Crippen molar-refractivity contribution in [1.29, 1.82) is 0 Å². The van der Waals surface area contributed by atoms with Gasteiger partial charge in [0.2, 0.25) is 0 Å². The highest BCUT2D eigenvalue weighted by molar-refractivity contribution is 9.09. The van der Waals surface area contributed by atoms with Crippen LogP contribution >= 0.6 is 15.9 Å². The summed E-state index contributed by atoms with van der Waals surface area (Å²) in [6, 6.07) is 12.4. The second-order valence-corrected chi connectivity index (χ2v) is 4.51. The summed E-state index contributed by atoms with van der Waals surface area (Å²) in [6.45, 7) is 1.87. The molecule has 0 aliphatic carbocycles. The van der Waals surface area contributed by atoms with E-state index in [0.717, 1.165) is 36.1 Å². The summed E-state index contributed by atoms with van der Waals surface area (Å²) < 4.78 is 0. The van der Waals surface area contributed by atoms with Crippen molar-refractivity contribution in [3.63, 3.8) is 0 Å². The molecule has 3 heteroatoms. The summed E-state index contributed by atoms with van der Waals surface area (Å²) in [5.41, 5.74) is 2.18. The van der Waals surface area contributed by atoms with E-state index in [9.17, 15) is 0 Å². The van der Waals surface area contributed by atoms with Crippen molar-refractivity contribution in [1.82, 2.24) is 10.3 Å². The van der Waals surface area contributed by atoms with Crippen molar-refractivity contribution in [2.24, 2.45) is 0 Å². The Hall–Kier alpha value is -0.930. The Morgan fingerprint density at radius 1 is 1.12 bits per heavy atom. The average Bonchev–Trinajstić information content (AvgIpc) is 2.34. The first kappa shape index (κ1) is 11.6. The van der Waals surface area contributed by atoms with E-state index in [2.05, 4.69) is 50.5 Å². The Balaban J connectivity index is 2.02. The molecule has 2 aromatic rings. The van der Waals surface area contributed by atoms with Gasteiger partial charge in [0.25, 0.3) is 0 Å². The SMILES string of the molecule is BrCCCNCc1ccc2ccccc2n1. The minimum absolute atomic E-state index is 0.845. The van der Waals surface area contributed by atoms with Gasteiger partial charge in [-0.25, -0.2) is 0 Å². The van der Waals surface area contributed by atoms with E-state index in [1.807, 2.05) is 12.1 Å². The van der Waals surface area contributed by atoms with Crippen LogP contribution in [0.2, 0.25) is 0 Å². The molecule has 16 heavy (non-hydrogen) atoms. The fourth-order valence-electron chi connectivity index (χ4n) is 1.61. The van der Waals surface area contributed by atoms with Gasteiger partial charge in [0.15, 0.2) is 0 Å². The van der Waals surface area contributed by atoms with E-state index >= 15 is 0 Å². The largest absolute Gasteiger partial charge is 0.311 e. The lowest BCUT2D eigenvalue weighted by molar-refractivity contribution is 0.670. The third-order valence-electron chi connectivity index (χ3n) is 2.45. The van der Waals surface area contributed by atoms with Gasteiger partial charge in [-0.05, 0) is 25.1 Å². The van der Waals surface area contributed by atoms with E-state index in [0.29, 0.717) is 0 Å². The number of benzene rings is 1. The smallest absolute Gasteiger partial charge is 0.0705 e. The van der Waals surface area contributed by atoms with Crippen molar-refractivity contribution in [3.05, 3.63) is 42.1 Å². The molecule has 0 saturated heterocycles. The van der Waals surface area contributed by atoms with E-state index in [1.54, 1.807) is 0 Å². The molecular weight excluding hydrogens is 264 g/mol. The van der Waals surface area contributed by atoms with Gasteiger partial charge in [0, 0.05) is 17.3 Å².